The van der Waals surface area contributed by atoms with E-state index in [0.717, 1.165) is 16.9 Å². The maximum Gasteiger partial charge on any atom is 0.270 e. The lowest BCUT2D eigenvalue weighted by molar-refractivity contribution is -0.0850. The standard InChI is InChI=1S/C21H30N6O4S2/c1-14-9-23-19(24-10-14)26-6-5-25(33(29,30)20-22-4-7-32-20)11-18(26)21(2,3)27-15-8-17(28)16(27)13-31-12-15/h4,7,9-10,15-18,28H,5-6,8,11-13H2,1-3H3. The van der Waals surface area contributed by atoms with Gasteiger partial charge in [-0.1, -0.05) is 0 Å². The summed E-state index contributed by atoms with van der Waals surface area (Å²) < 4.78 is 34.0. The number of aromatic nitrogens is 3. The number of aliphatic hydroxyl groups is 1. The normalized spacial score (nSPS) is 29.5. The minimum Gasteiger partial charge on any atom is -0.391 e. The van der Waals surface area contributed by atoms with E-state index in [1.165, 1.54) is 10.5 Å². The van der Waals surface area contributed by atoms with Gasteiger partial charge in [-0.3, -0.25) is 4.90 Å². The molecule has 12 heteroatoms. The van der Waals surface area contributed by atoms with Gasteiger partial charge in [-0.15, -0.1) is 11.3 Å². The van der Waals surface area contributed by atoms with Gasteiger partial charge in [0, 0.05) is 55.2 Å². The molecule has 3 aliphatic rings. The van der Waals surface area contributed by atoms with Gasteiger partial charge in [0.15, 0.2) is 0 Å². The Kier molecular flexibility index (Phi) is 5.94. The van der Waals surface area contributed by atoms with Crippen LogP contribution in [0.15, 0.2) is 28.3 Å². The lowest BCUT2D eigenvalue weighted by Gasteiger charge is -2.54. The molecule has 3 aliphatic heterocycles. The van der Waals surface area contributed by atoms with Crippen molar-refractivity contribution in [2.24, 2.45) is 0 Å². The maximum absolute atomic E-state index is 13.3. The average molecular weight is 495 g/mol. The van der Waals surface area contributed by atoms with Crippen molar-refractivity contribution in [3.8, 4) is 0 Å². The molecule has 0 radical (unpaired) electrons. The zero-order chi connectivity index (χ0) is 23.4. The van der Waals surface area contributed by atoms with Crippen LogP contribution < -0.4 is 4.90 Å². The van der Waals surface area contributed by atoms with E-state index in [2.05, 4.69) is 38.6 Å². The number of hydrogen-bond donors (Lipinski definition) is 1. The molecule has 2 aromatic heterocycles. The molecule has 33 heavy (non-hydrogen) atoms. The third-order valence-electron chi connectivity index (χ3n) is 7.13. The number of piperazine rings is 1. The summed E-state index contributed by atoms with van der Waals surface area (Å²) in [5, 5.41) is 12.4. The topological polar surface area (TPSA) is 112 Å². The Morgan fingerprint density at radius 2 is 1.94 bits per heavy atom. The van der Waals surface area contributed by atoms with Crippen molar-refractivity contribution in [1.82, 2.24) is 24.2 Å². The van der Waals surface area contributed by atoms with Crippen LogP contribution in [0.25, 0.3) is 0 Å². The molecule has 1 N–H and O–H groups in total. The number of ether oxygens (including phenoxy) is 1. The van der Waals surface area contributed by atoms with Gasteiger partial charge < -0.3 is 14.7 Å². The monoisotopic (exact) mass is 494 g/mol. The highest BCUT2D eigenvalue weighted by Crippen LogP contribution is 2.40. The van der Waals surface area contributed by atoms with E-state index in [4.69, 9.17) is 4.74 Å². The highest BCUT2D eigenvalue weighted by molar-refractivity contribution is 7.91. The highest BCUT2D eigenvalue weighted by Gasteiger charge is 2.55. The van der Waals surface area contributed by atoms with Crippen molar-refractivity contribution < 1.29 is 18.3 Å². The second-order valence-electron chi connectivity index (χ2n) is 9.55. The minimum atomic E-state index is -3.70. The van der Waals surface area contributed by atoms with E-state index in [9.17, 15) is 13.5 Å². The number of aliphatic hydroxyl groups excluding tert-OH is 1. The molecule has 0 amide bonds. The summed E-state index contributed by atoms with van der Waals surface area (Å²) in [5.74, 6) is 0.589. The number of hydrogen-bond acceptors (Lipinski definition) is 10. The van der Waals surface area contributed by atoms with Crippen molar-refractivity contribution in [3.05, 3.63) is 29.5 Å². The molecule has 180 valence electrons. The van der Waals surface area contributed by atoms with Crippen LogP contribution in [0.1, 0.15) is 25.8 Å². The molecule has 4 unspecified atom stereocenters. The Morgan fingerprint density at radius 3 is 2.61 bits per heavy atom. The summed E-state index contributed by atoms with van der Waals surface area (Å²) in [5.41, 5.74) is 0.482. The van der Waals surface area contributed by atoms with Gasteiger partial charge in [-0.2, -0.15) is 4.31 Å². The van der Waals surface area contributed by atoms with Crippen LogP contribution >= 0.6 is 11.3 Å². The van der Waals surface area contributed by atoms with E-state index >= 15 is 0 Å². The Hall–Kier alpha value is -1.70. The van der Waals surface area contributed by atoms with Crippen LogP contribution in [0.5, 0.6) is 0 Å². The zero-order valence-electron chi connectivity index (χ0n) is 19.0. The first kappa shape index (κ1) is 23.1. The molecule has 0 aromatic carbocycles. The van der Waals surface area contributed by atoms with Gasteiger partial charge in [0.1, 0.15) is 0 Å². The Labute approximate surface area is 198 Å². The van der Waals surface area contributed by atoms with E-state index in [1.54, 1.807) is 17.8 Å². The summed E-state index contributed by atoms with van der Waals surface area (Å²) in [7, 11) is -3.70. The first-order chi connectivity index (χ1) is 15.7. The summed E-state index contributed by atoms with van der Waals surface area (Å²) in [6.45, 7) is 8.29. The smallest absolute Gasteiger partial charge is 0.270 e. The van der Waals surface area contributed by atoms with Crippen molar-refractivity contribution in [2.45, 2.75) is 61.3 Å². The molecule has 4 atom stereocenters. The zero-order valence-corrected chi connectivity index (χ0v) is 20.7. The molecular weight excluding hydrogens is 464 g/mol. The molecule has 0 spiro atoms. The summed E-state index contributed by atoms with van der Waals surface area (Å²) in [6, 6.07) is -0.275. The second kappa shape index (κ2) is 8.51. The molecule has 5 rings (SSSR count). The number of nitrogens with zero attached hydrogens (tertiary/aromatic N) is 6. The average Bonchev–Trinajstić information content (AvgIpc) is 3.40. The van der Waals surface area contributed by atoms with Crippen molar-refractivity contribution in [3.63, 3.8) is 0 Å². The maximum atomic E-state index is 13.3. The summed E-state index contributed by atoms with van der Waals surface area (Å²) in [4.78, 5) is 17.6. The number of rotatable bonds is 5. The van der Waals surface area contributed by atoms with Crippen LogP contribution in [0.4, 0.5) is 5.95 Å². The van der Waals surface area contributed by atoms with Crippen LogP contribution in [-0.4, -0.2) is 100 Å². The fraction of sp³-hybridized carbons (Fsp3) is 0.667. The Bertz CT molecular complexity index is 1080. The molecule has 2 aromatic rings. The fourth-order valence-corrected chi connectivity index (χ4v) is 7.95. The quantitative estimate of drug-likeness (QED) is 0.643. The van der Waals surface area contributed by atoms with E-state index < -0.39 is 21.7 Å². The molecule has 10 nitrogen and oxygen atoms in total. The number of anilines is 1. The van der Waals surface area contributed by atoms with E-state index in [-0.39, 0.29) is 29.0 Å². The fourth-order valence-electron chi connectivity index (χ4n) is 5.54. The first-order valence-corrected chi connectivity index (χ1v) is 13.5. The second-order valence-corrected chi connectivity index (χ2v) is 12.6. The van der Waals surface area contributed by atoms with Crippen molar-refractivity contribution >= 4 is 27.3 Å². The van der Waals surface area contributed by atoms with Gasteiger partial charge in [0.05, 0.1) is 31.4 Å². The lowest BCUT2D eigenvalue weighted by atomic mass is 9.87. The lowest BCUT2D eigenvalue weighted by Crippen LogP contribution is -2.70. The number of thiazole rings is 1. The van der Waals surface area contributed by atoms with Crippen LogP contribution in [0.2, 0.25) is 0 Å². The highest BCUT2D eigenvalue weighted by atomic mass is 32.2. The Balaban J connectivity index is 1.52. The molecule has 0 aliphatic carbocycles. The van der Waals surface area contributed by atoms with Gasteiger partial charge in [0.2, 0.25) is 10.3 Å². The van der Waals surface area contributed by atoms with Crippen LogP contribution in [0.3, 0.4) is 0 Å². The molecule has 5 heterocycles. The molecular formula is C21H30N6O4S2. The number of sulfonamides is 1. The predicted octanol–water partition coefficient (Wildman–Crippen LogP) is 0.734. The van der Waals surface area contributed by atoms with Crippen LogP contribution in [-0.2, 0) is 14.8 Å². The predicted molar refractivity (Wildman–Crippen MR) is 124 cm³/mol. The molecule has 0 saturated carbocycles. The van der Waals surface area contributed by atoms with Crippen molar-refractivity contribution in [1.29, 1.82) is 0 Å². The van der Waals surface area contributed by atoms with Crippen molar-refractivity contribution in [2.75, 3.05) is 37.7 Å². The van der Waals surface area contributed by atoms with Crippen LogP contribution in [0, 0.1) is 6.92 Å². The molecule has 2 bridgehead atoms. The molecule has 3 fully saturated rings. The van der Waals surface area contributed by atoms with E-state index in [0.29, 0.717) is 38.7 Å². The third kappa shape index (κ3) is 3.96. The third-order valence-corrected chi connectivity index (χ3v) is 10.2. The largest absolute Gasteiger partial charge is 0.391 e. The number of morpholine rings is 1. The SMILES string of the molecule is Cc1cnc(N2CCN(S(=O)(=O)c3nccs3)CC2C(C)(C)N2C3COCC2C(O)C3)nc1. The number of aryl methyl sites for hydroxylation is 1. The Morgan fingerprint density at radius 1 is 1.18 bits per heavy atom. The minimum absolute atomic E-state index is 0.0838. The van der Waals surface area contributed by atoms with E-state index in [1.807, 2.05) is 6.92 Å². The summed E-state index contributed by atoms with van der Waals surface area (Å²) >= 11 is 1.13. The molecule has 3 saturated heterocycles. The van der Waals surface area contributed by atoms with Gasteiger partial charge in [-0.05, 0) is 32.8 Å². The van der Waals surface area contributed by atoms with Gasteiger partial charge >= 0.3 is 0 Å². The summed E-state index contributed by atoms with van der Waals surface area (Å²) in [6.07, 6.45) is 5.28. The number of fused-ring (bicyclic) bond motifs is 2. The van der Waals surface area contributed by atoms with Gasteiger partial charge in [-0.25, -0.2) is 23.4 Å². The van der Waals surface area contributed by atoms with Gasteiger partial charge in [0.25, 0.3) is 10.0 Å². The first-order valence-electron chi connectivity index (χ1n) is 11.2.